The smallest absolute Gasteiger partial charge is 0.00481 e. The molecule has 112 valence electrons. The van der Waals surface area contributed by atoms with Crippen LogP contribution in [0.5, 0.6) is 0 Å². The minimum Gasteiger partial charge on any atom is -0.179 e. The largest absolute Gasteiger partial charge is 0.179 e. The van der Waals surface area contributed by atoms with Crippen molar-refractivity contribution in [3.63, 3.8) is 0 Å². The first kappa shape index (κ1) is 16.1. The van der Waals surface area contributed by atoms with E-state index < -0.39 is 0 Å². The molecule has 2 unspecified atom stereocenters. The van der Waals surface area contributed by atoms with Crippen molar-refractivity contribution in [3.05, 3.63) is 0 Å². The van der Waals surface area contributed by atoms with E-state index >= 15 is 0 Å². The van der Waals surface area contributed by atoms with Crippen LogP contribution in [0.15, 0.2) is 0 Å². The van der Waals surface area contributed by atoms with Gasteiger partial charge in [0, 0.05) is 5.25 Å². The minimum atomic E-state index is 0.635. The van der Waals surface area contributed by atoms with Gasteiger partial charge in [0.25, 0.3) is 0 Å². The van der Waals surface area contributed by atoms with Gasteiger partial charge in [0.05, 0.1) is 0 Å². The molecule has 0 saturated heterocycles. The van der Waals surface area contributed by atoms with Crippen molar-refractivity contribution in [1.29, 1.82) is 0 Å². The molecule has 0 aromatic carbocycles. The van der Waals surface area contributed by atoms with Crippen molar-refractivity contribution in [3.8, 4) is 0 Å². The normalized spacial score (nSPS) is 25.6. The van der Waals surface area contributed by atoms with E-state index in [-0.39, 0.29) is 0 Å². The van der Waals surface area contributed by atoms with Crippen LogP contribution in [0.4, 0.5) is 0 Å². The molecular formula is C17H32S2. The van der Waals surface area contributed by atoms with E-state index in [4.69, 9.17) is 12.6 Å². The molecule has 0 nitrogen and oxygen atoms in total. The summed E-state index contributed by atoms with van der Waals surface area (Å²) in [6.45, 7) is 0. The average molecular weight is 301 g/mol. The first-order chi connectivity index (χ1) is 9.31. The van der Waals surface area contributed by atoms with Crippen LogP contribution in [-0.4, -0.2) is 11.0 Å². The maximum Gasteiger partial charge on any atom is 0.00481 e. The molecule has 2 aliphatic carbocycles. The summed E-state index contributed by atoms with van der Waals surface area (Å²) >= 11 is 9.50. The Labute approximate surface area is 131 Å². The lowest BCUT2D eigenvalue weighted by Gasteiger charge is -2.34. The Kier molecular flexibility index (Phi) is 7.51. The number of rotatable bonds is 7. The van der Waals surface area contributed by atoms with Crippen molar-refractivity contribution < 1.29 is 0 Å². The van der Waals surface area contributed by atoms with E-state index in [0.29, 0.717) is 5.25 Å². The van der Waals surface area contributed by atoms with E-state index in [0.717, 1.165) is 23.5 Å². The topological polar surface area (TPSA) is 0 Å². The lowest BCUT2D eigenvalue weighted by Crippen LogP contribution is -2.27. The zero-order chi connectivity index (χ0) is 13.5. The molecule has 0 amide bonds. The van der Waals surface area contributed by atoms with Gasteiger partial charge in [0.1, 0.15) is 0 Å². The number of hydrogen-bond donors (Lipinski definition) is 2. The van der Waals surface area contributed by atoms with Crippen molar-refractivity contribution in [1.82, 2.24) is 0 Å². The lowest BCUT2D eigenvalue weighted by atomic mass is 9.76. The number of thiol groups is 2. The summed E-state index contributed by atoms with van der Waals surface area (Å²) < 4.78 is 0. The fourth-order valence-corrected chi connectivity index (χ4v) is 5.21. The molecular weight excluding hydrogens is 268 g/mol. The second-order valence-corrected chi connectivity index (χ2v) is 7.98. The first-order valence-electron chi connectivity index (χ1n) is 8.60. The van der Waals surface area contributed by atoms with Gasteiger partial charge in [-0.2, -0.15) is 25.3 Å². The van der Waals surface area contributed by atoms with Crippen LogP contribution in [-0.2, 0) is 0 Å². The average Bonchev–Trinajstić information content (AvgIpc) is 2.96. The molecule has 0 aliphatic heterocycles. The molecule has 2 saturated carbocycles. The molecule has 2 heteroatoms. The Balaban J connectivity index is 1.78. The van der Waals surface area contributed by atoms with Gasteiger partial charge in [-0.1, -0.05) is 57.8 Å². The molecule has 0 aromatic rings. The third kappa shape index (κ3) is 5.19. The molecule has 0 aromatic heterocycles. The molecule has 2 aliphatic rings. The van der Waals surface area contributed by atoms with Gasteiger partial charge in [-0.05, 0) is 42.8 Å². The third-order valence-electron chi connectivity index (χ3n) is 5.56. The maximum atomic E-state index is 5.01. The molecule has 0 radical (unpaired) electrons. The van der Waals surface area contributed by atoms with Gasteiger partial charge in [0.2, 0.25) is 0 Å². The van der Waals surface area contributed by atoms with Crippen LogP contribution in [0.2, 0.25) is 0 Å². The Bertz CT molecular complexity index is 229. The van der Waals surface area contributed by atoms with Gasteiger partial charge in [-0.25, -0.2) is 0 Å². The summed E-state index contributed by atoms with van der Waals surface area (Å²) in [7, 11) is 0. The van der Waals surface area contributed by atoms with Crippen LogP contribution in [0, 0.1) is 17.8 Å². The quantitative estimate of drug-likeness (QED) is 0.548. The van der Waals surface area contributed by atoms with Gasteiger partial charge >= 0.3 is 0 Å². The van der Waals surface area contributed by atoms with E-state index in [1.165, 1.54) is 77.0 Å². The van der Waals surface area contributed by atoms with E-state index in [1.54, 1.807) is 0 Å². The molecule has 0 heterocycles. The highest BCUT2D eigenvalue weighted by atomic mass is 32.1. The van der Waals surface area contributed by atoms with Gasteiger partial charge in [-0.15, -0.1) is 0 Å². The second-order valence-electron chi connectivity index (χ2n) is 6.87. The maximum absolute atomic E-state index is 5.01. The summed E-state index contributed by atoms with van der Waals surface area (Å²) in [5, 5.41) is 0.635. The van der Waals surface area contributed by atoms with E-state index in [1.807, 2.05) is 0 Å². The predicted octanol–water partition coefficient (Wildman–Crippen LogP) is 5.77. The Morgan fingerprint density at radius 1 is 0.842 bits per heavy atom. The fourth-order valence-electron chi connectivity index (χ4n) is 4.37. The van der Waals surface area contributed by atoms with Crippen LogP contribution < -0.4 is 0 Å². The van der Waals surface area contributed by atoms with Crippen LogP contribution in [0.1, 0.15) is 77.0 Å². The Hall–Kier alpha value is 0.700. The van der Waals surface area contributed by atoms with Crippen molar-refractivity contribution >= 4 is 25.3 Å². The summed E-state index contributed by atoms with van der Waals surface area (Å²) in [6, 6.07) is 0. The van der Waals surface area contributed by atoms with E-state index in [2.05, 4.69) is 12.6 Å². The second kappa shape index (κ2) is 8.87. The van der Waals surface area contributed by atoms with Crippen LogP contribution >= 0.6 is 25.3 Å². The molecule has 2 rings (SSSR count). The highest BCUT2D eigenvalue weighted by Crippen LogP contribution is 2.38. The predicted molar refractivity (Wildman–Crippen MR) is 92.5 cm³/mol. The first-order valence-corrected chi connectivity index (χ1v) is 9.75. The van der Waals surface area contributed by atoms with Gasteiger partial charge < -0.3 is 0 Å². The molecule has 2 fully saturated rings. The van der Waals surface area contributed by atoms with Crippen molar-refractivity contribution in [2.24, 2.45) is 17.8 Å². The SMILES string of the molecule is SCCC(C(S)CCC1CCCC1)C1CCCCC1. The molecule has 0 spiro atoms. The lowest BCUT2D eigenvalue weighted by molar-refractivity contribution is 0.230. The van der Waals surface area contributed by atoms with Crippen LogP contribution in [0.3, 0.4) is 0 Å². The number of hydrogen-bond acceptors (Lipinski definition) is 2. The molecule has 2 atom stereocenters. The highest BCUT2D eigenvalue weighted by molar-refractivity contribution is 7.81. The van der Waals surface area contributed by atoms with Crippen LogP contribution in [0.25, 0.3) is 0 Å². The standard InChI is InChI=1S/C17H32S2/c18-13-12-16(15-8-2-1-3-9-15)17(19)11-10-14-6-4-5-7-14/h14-19H,1-13H2. The zero-order valence-corrected chi connectivity index (χ0v) is 14.2. The Morgan fingerprint density at radius 2 is 1.47 bits per heavy atom. The summed E-state index contributed by atoms with van der Waals surface area (Å²) in [5.41, 5.74) is 0. The molecule has 19 heavy (non-hydrogen) atoms. The fraction of sp³-hybridized carbons (Fsp3) is 1.00. The molecule has 0 bridgehead atoms. The van der Waals surface area contributed by atoms with Crippen molar-refractivity contribution in [2.75, 3.05) is 5.75 Å². The highest BCUT2D eigenvalue weighted by Gasteiger charge is 2.28. The van der Waals surface area contributed by atoms with Crippen molar-refractivity contribution in [2.45, 2.75) is 82.3 Å². The third-order valence-corrected chi connectivity index (χ3v) is 6.46. The van der Waals surface area contributed by atoms with E-state index in [9.17, 15) is 0 Å². The van der Waals surface area contributed by atoms with Gasteiger partial charge in [0.15, 0.2) is 0 Å². The van der Waals surface area contributed by atoms with Gasteiger partial charge in [-0.3, -0.25) is 0 Å². The summed E-state index contributed by atoms with van der Waals surface area (Å²) in [5.74, 6) is 3.86. The summed E-state index contributed by atoms with van der Waals surface area (Å²) in [6.07, 6.45) is 17.3. The Morgan fingerprint density at radius 3 is 2.11 bits per heavy atom. The minimum absolute atomic E-state index is 0.635. The summed E-state index contributed by atoms with van der Waals surface area (Å²) in [4.78, 5) is 0. The molecule has 0 N–H and O–H groups in total. The monoisotopic (exact) mass is 300 g/mol. The zero-order valence-electron chi connectivity index (χ0n) is 12.4.